The summed E-state index contributed by atoms with van der Waals surface area (Å²) in [5.41, 5.74) is 10.9. The molecule has 6 aromatic rings. The van der Waals surface area contributed by atoms with Gasteiger partial charge in [-0.25, -0.2) is 4.79 Å². The maximum absolute atomic E-state index is 14.3. The average Bonchev–Trinajstić information content (AvgIpc) is 3.75. The van der Waals surface area contributed by atoms with Gasteiger partial charge in [0.05, 0.1) is 6.04 Å². The summed E-state index contributed by atoms with van der Waals surface area (Å²) in [4.78, 5) is 60.5. The molecule has 2 heterocycles. The number of carboxylic acid groups (broad SMARTS) is 1. The van der Waals surface area contributed by atoms with Gasteiger partial charge in [0, 0.05) is 53.5 Å². The molecule has 266 valence electrons. The van der Waals surface area contributed by atoms with Crippen LogP contribution in [0.4, 0.5) is 0 Å². The van der Waals surface area contributed by atoms with Crippen LogP contribution in [0.15, 0.2) is 116 Å². The highest BCUT2D eigenvalue weighted by Crippen LogP contribution is 2.21. The van der Waals surface area contributed by atoms with Gasteiger partial charge < -0.3 is 41.9 Å². The maximum atomic E-state index is 14.3. The van der Waals surface area contributed by atoms with E-state index in [2.05, 4.69) is 25.9 Å². The fourth-order valence-corrected chi connectivity index (χ4v) is 6.31. The van der Waals surface area contributed by atoms with Crippen LogP contribution in [0.3, 0.4) is 0 Å². The first-order chi connectivity index (χ1) is 25.1. The topological polar surface area (TPSA) is 202 Å². The van der Waals surface area contributed by atoms with E-state index in [9.17, 15) is 29.4 Å². The first-order valence-electron chi connectivity index (χ1n) is 17.0. The molecule has 0 saturated heterocycles. The molecule has 0 saturated carbocycles. The fourth-order valence-electron chi connectivity index (χ4n) is 6.31. The number of benzene rings is 4. The number of rotatable bonds is 15. The number of aromatic hydroxyl groups is 1. The summed E-state index contributed by atoms with van der Waals surface area (Å²) in [6, 6.07) is 25.7. The van der Waals surface area contributed by atoms with Crippen molar-refractivity contribution in [3.8, 4) is 5.75 Å². The van der Waals surface area contributed by atoms with Crippen LogP contribution in [0, 0.1) is 0 Å². The van der Waals surface area contributed by atoms with Gasteiger partial charge >= 0.3 is 5.97 Å². The van der Waals surface area contributed by atoms with E-state index in [1.165, 1.54) is 12.1 Å². The number of carboxylic acids is 1. The number of hydrogen-bond donors (Lipinski definition) is 8. The van der Waals surface area contributed by atoms with Gasteiger partial charge in [-0.05, 0) is 52.9 Å². The lowest BCUT2D eigenvalue weighted by Crippen LogP contribution is -2.58. The number of aromatic nitrogens is 2. The second-order valence-electron chi connectivity index (χ2n) is 12.8. The number of aliphatic carboxylic acids is 1. The van der Waals surface area contributed by atoms with E-state index < -0.39 is 47.9 Å². The Balaban J connectivity index is 1.27. The molecule has 3 amide bonds. The van der Waals surface area contributed by atoms with Crippen molar-refractivity contribution in [2.75, 3.05) is 0 Å². The molecule has 4 atom stereocenters. The summed E-state index contributed by atoms with van der Waals surface area (Å²) in [5, 5.41) is 29.7. The first kappa shape index (κ1) is 35.4. The number of H-pyrrole nitrogens is 2. The van der Waals surface area contributed by atoms with Crippen molar-refractivity contribution in [2.45, 2.75) is 49.9 Å². The van der Waals surface area contributed by atoms with Crippen LogP contribution >= 0.6 is 0 Å². The molecule has 12 nitrogen and oxygen atoms in total. The Kier molecular flexibility index (Phi) is 11.0. The number of phenolic OH excluding ortho intramolecular Hbond substituents is 1. The van der Waals surface area contributed by atoms with E-state index >= 15 is 0 Å². The summed E-state index contributed by atoms with van der Waals surface area (Å²) in [6.45, 7) is 0. The second kappa shape index (κ2) is 16.1. The zero-order valence-corrected chi connectivity index (χ0v) is 28.2. The Morgan fingerprint density at radius 3 is 1.56 bits per heavy atom. The number of nitrogens with two attached hydrogens (primary N) is 1. The molecule has 0 radical (unpaired) electrons. The SMILES string of the molecule is NC(Cc1ccc(O)cc1)C(=O)NC(Cc1c[nH]c2ccccc12)C(=O)NC(Cc1c[nH]c2ccccc12)C(=O)NC(Cc1ccccc1)C(=O)O. The molecule has 9 N–H and O–H groups in total. The normalized spacial score (nSPS) is 13.6. The van der Waals surface area contributed by atoms with Crippen LogP contribution < -0.4 is 21.7 Å². The van der Waals surface area contributed by atoms with Crippen molar-refractivity contribution in [3.63, 3.8) is 0 Å². The number of hydrogen-bond acceptors (Lipinski definition) is 6. The number of nitrogens with one attached hydrogen (secondary N) is 5. The number of aromatic amines is 2. The zero-order chi connectivity index (χ0) is 36.6. The molecule has 6 rings (SSSR count). The third-order valence-corrected chi connectivity index (χ3v) is 9.09. The summed E-state index contributed by atoms with van der Waals surface area (Å²) in [7, 11) is 0. The van der Waals surface area contributed by atoms with Gasteiger partial charge in [0.25, 0.3) is 0 Å². The molecule has 0 aliphatic heterocycles. The van der Waals surface area contributed by atoms with Crippen LogP contribution in [-0.4, -0.2) is 68.0 Å². The molecule has 0 spiro atoms. The van der Waals surface area contributed by atoms with Gasteiger partial charge in [0.1, 0.15) is 23.9 Å². The van der Waals surface area contributed by atoms with Crippen LogP contribution in [-0.2, 0) is 44.9 Å². The highest BCUT2D eigenvalue weighted by Gasteiger charge is 2.32. The summed E-state index contributed by atoms with van der Waals surface area (Å²) in [5.74, 6) is -3.06. The molecule has 2 aromatic heterocycles. The van der Waals surface area contributed by atoms with E-state index in [1.807, 2.05) is 54.6 Å². The van der Waals surface area contributed by atoms with E-state index in [0.717, 1.165) is 44.1 Å². The smallest absolute Gasteiger partial charge is 0.326 e. The quantitative estimate of drug-likeness (QED) is 0.0801. The molecule has 0 aliphatic rings. The van der Waals surface area contributed by atoms with Gasteiger partial charge in [-0.3, -0.25) is 14.4 Å². The number of carbonyl (C=O) groups excluding carboxylic acids is 3. The number of amides is 3. The molecule has 12 heteroatoms. The number of fused-ring (bicyclic) bond motifs is 2. The summed E-state index contributed by atoms with van der Waals surface area (Å²) < 4.78 is 0. The largest absolute Gasteiger partial charge is 0.508 e. The van der Waals surface area contributed by atoms with Gasteiger partial charge in [-0.1, -0.05) is 78.9 Å². The van der Waals surface area contributed by atoms with Crippen molar-refractivity contribution in [3.05, 3.63) is 138 Å². The minimum atomic E-state index is -1.27. The Labute approximate surface area is 299 Å². The standard InChI is InChI=1S/C40H40N6O6/c41-31(18-25-14-16-28(47)17-15-25)37(48)44-34(20-26-22-42-32-12-6-4-10-29(26)32)38(49)45-35(21-27-23-43-33-13-7-5-11-30(27)33)39(50)46-36(40(51)52)19-24-8-2-1-3-9-24/h1-17,22-23,31,34-36,42-43,47H,18-21,41H2,(H,44,48)(H,45,49)(H,46,50)(H,51,52). The van der Waals surface area contributed by atoms with E-state index in [-0.39, 0.29) is 31.4 Å². The molecular formula is C40H40N6O6. The highest BCUT2D eigenvalue weighted by molar-refractivity contribution is 5.95. The predicted octanol–water partition coefficient (Wildman–Crippen LogP) is 3.49. The highest BCUT2D eigenvalue weighted by atomic mass is 16.4. The fraction of sp³-hybridized carbons (Fsp3) is 0.200. The Morgan fingerprint density at radius 1 is 0.558 bits per heavy atom. The number of phenols is 1. The van der Waals surface area contributed by atoms with Crippen molar-refractivity contribution >= 4 is 45.5 Å². The Hall–Kier alpha value is -6.40. The molecule has 0 bridgehead atoms. The second-order valence-corrected chi connectivity index (χ2v) is 12.8. The average molecular weight is 701 g/mol. The lowest BCUT2D eigenvalue weighted by atomic mass is 10.00. The number of carbonyl (C=O) groups is 4. The predicted molar refractivity (Wildman–Crippen MR) is 197 cm³/mol. The van der Waals surface area contributed by atoms with E-state index in [1.54, 1.807) is 48.8 Å². The lowest BCUT2D eigenvalue weighted by molar-refractivity contribution is -0.142. The van der Waals surface area contributed by atoms with Crippen molar-refractivity contribution < 1.29 is 29.4 Å². The van der Waals surface area contributed by atoms with Gasteiger partial charge in [0.2, 0.25) is 17.7 Å². The Morgan fingerprint density at radius 2 is 1.02 bits per heavy atom. The molecule has 52 heavy (non-hydrogen) atoms. The third kappa shape index (κ3) is 8.66. The van der Waals surface area contributed by atoms with Gasteiger partial charge in [-0.15, -0.1) is 0 Å². The van der Waals surface area contributed by atoms with Crippen LogP contribution in [0.5, 0.6) is 5.75 Å². The minimum Gasteiger partial charge on any atom is -0.508 e. The molecule has 4 aromatic carbocycles. The maximum Gasteiger partial charge on any atom is 0.326 e. The van der Waals surface area contributed by atoms with Crippen LogP contribution in [0.2, 0.25) is 0 Å². The van der Waals surface area contributed by atoms with Crippen molar-refractivity contribution in [2.24, 2.45) is 5.73 Å². The molecule has 0 aliphatic carbocycles. The van der Waals surface area contributed by atoms with Crippen molar-refractivity contribution in [1.82, 2.24) is 25.9 Å². The molecule has 4 unspecified atom stereocenters. The van der Waals surface area contributed by atoms with Crippen molar-refractivity contribution in [1.29, 1.82) is 0 Å². The lowest BCUT2D eigenvalue weighted by Gasteiger charge is -2.25. The summed E-state index contributed by atoms with van der Waals surface area (Å²) in [6.07, 6.45) is 3.81. The summed E-state index contributed by atoms with van der Waals surface area (Å²) >= 11 is 0. The monoisotopic (exact) mass is 700 g/mol. The van der Waals surface area contributed by atoms with E-state index in [0.29, 0.717) is 0 Å². The molecular weight excluding hydrogens is 660 g/mol. The third-order valence-electron chi connectivity index (χ3n) is 9.09. The molecule has 0 fully saturated rings. The zero-order valence-electron chi connectivity index (χ0n) is 28.2. The minimum absolute atomic E-state index is 0.0351. The first-order valence-corrected chi connectivity index (χ1v) is 17.0. The van der Waals surface area contributed by atoms with Crippen LogP contribution in [0.1, 0.15) is 22.3 Å². The Bertz CT molecular complexity index is 2180. The van der Waals surface area contributed by atoms with Crippen LogP contribution in [0.25, 0.3) is 21.8 Å². The van der Waals surface area contributed by atoms with Gasteiger partial charge in [-0.2, -0.15) is 0 Å². The number of para-hydroxylation sites is 2. The van der Waals surface area contributed by atoms with Gasteiger partial charge in [0.15, 0.2) is 0 Å². The van der Waals surface area contributed by atoms with E-state index in [4.69, 9.17) is 5.73 Å².